The quantitative estimate of drug-likeness (QED) is 0.294. The molecule has 1 aromatic heterocycles. The van der Waals surface area contributed by atoms with Crippen LogP contribution in [0, 0.1) is 5.41 Å². The summed E-state index contributed by atoms with van der Waals surface area (Å²) < 4.78 is 22.9. The monoisotopic (exact) mass is 541 g/mol. The first-order valence-corrected chi connectivity index (χ1v) is 12.8. The summed E-state index contributed by atoms with van der Waals surface area (Å²) in [4.78, 5) is 5.85. The van der Waals surface area contributed by atoms with Crippen molar-refractivity contribution < 1.29 is 8.42 Å². The predicted molar refractivity (Wildman–Crippen MR) is 132 cm³/mol. The number of hydrogen-bond donors (Lipinski definition) is 2. The summed E-state index contributed by atoms with van der Waals surface area (Å²) in [6.07, 6.45) is 8.26. The summed E-state index contributed by atoms with van der Waals surface area (Å²) in [6, 6.07) is 4.41. The van der Waals surface area contributed by atoms with E-state index in [9.17, 15) is 8.42 Å². The lowest BCUT2D eigenvalue weighted by atomic mass is 9.73. The molecule has 0 unspecified atom stereocenters. The van der Waals surface area contributed by atoms with Crippen LogP contribution < -0.4 is 10.6 Å². The Morgan fingerprint density at radius 1 is 1.25 bits per heavy atom. The topological polar surface area (TPSA) is 70.6 Å². The summed E-state index contributed by atoms with van der Waals surface area (Å²) >= 11 is 1.86. The van der Waals surface area contributed by atoms with Gasteiger partial charge in [0.05, 0.1) is 5.75 Å². The van der Waals surface area contributed by atoms with Crippen molar-refractivity contribution in [1.82, 2.24) is 10.6 Å². The average Bonchev–Trinajstić information content (AvgIpc) is 3.16. The van der Waals surface area contributed by atoms with Crippen LogP contribution in [0.2, 0.25) is 0 Å². The minimum atomic E-state index is -2.93. The van der Waals surface area contributed by atoms with Gasteiger partial charge in [0, 0.05) is 36.7 Å². The van der Waals surface area contributed by atoms with E-state index >= 15 is 0 Å². The molecule has 0 aliphatic heterocycles. The first-order chi connectivity index (χ1) is 12.7. The normalized spacial score (nSPS) is 17.6. The number of nitrogens with one attached hydrogen (secondary N) is 2. The van der Waals surface area contributed by atoms with E-state index in [1.54, 1.807) is 7.05 Å². The minimum absolute atomic E-state index is 0. The third kappa shape index (κ3) is 8.18. The van der Waals surface area contributed by atoms with Crippen LogP contribution in [0.4, 0.5) is 0 Å². The Bertz CT molecular complexity index is 710. The molecule has 1 aromatic rings. The fourth-order valence-corrected chi connectivity index (χ4v) is 5.58. The van der Waals surface area contributed by atoms with E-state index < -0.39 is 9.84 Å². The number of thiophene rings is 1. The van der Waals surface area contributed by atoms with Crippen molar-refractivity contribution in [3.63, 3.8) is 0 Å². The lowest BCUT2D eigenvalue weighted by molar-refractivity contribution is 0.295. The number of rotatable bonds is 8. The van der Waals surface area contributed by atoms with Crippen LogP contribution in [0.1, 0.15) is 57.2 Å². The highest BCUT2D eigenvalue weighted by atomic mass is 127. The highest BCUT2D eigenvalue weighted by Crippen LogP contribution is 2.41. The Morgan fingerprint density at radius 2 is 1.93 bits per heavy atom. The van der Waals surface area contributed by atoms with Gasteiger partial charge in [0.15, 0.2) is 5.96 Å². The second-order valence-corrected chi connectivity index (χ2v) is 11.8. The fraction of sp³-hybridized carbons (Fsp3) is 0.750. The molecule has 0 atom stereocenters. The van der Waals surface area contributed by atoms with Crippen LogP contribution in [-0.4, -0.2) is 46.5 Å². The second kappa shape index (κ2) is 11.2. The number of guanidine groups is 1. The Kier molecular flexibility index (Phi) is 10.2. The molecule has 1 saturated carbocycles. The van der Waals surface area contributed by atoms with Crippen LogP contribution in [0.25, 0.3) is 0 Å². The molecule has 1 aliphatic carbocycles. The Labute approximate surface area is 192 Å². The summed E-state index contributed by atoms with van der Waals surface area (Å²) in [6.45, 7) is 5.75. The maximum absolute atomic E-state index is 11.4. The van der Waals surface area contributed by atoms with Crippen molar-refractivity contribution in [2.75, 3.05) is 32.1 Å². The SMILES string of the molecule is CN=C(NCC(C)(C)CCS(C)(=O)=O)NCC1(c2cccs2)CCCCC1.I. The molecule has 0 radical (unpaired) electrons. The molecule has 0 spiro atoms. The molecule has 0 amide bonds. The highest BCUT2D eigenvalue weighted by Gasteiger charge is 2.35. The van der Waals surface area contributed by atoms with Crippen LogP contribution in [0.15, 0.2) is 22.5 Å². The summed E-state index contributed by atoms with van der Waals surface area (Å²) in [5.74, 6) is 1.01. The zero-order valence-corrected chi connectivity index (χ0v) is 21.5. The van der Waals surface area contributed by atoms with Crippen molar-refractivity contribution in [1.29, 1.82) is 0 Å². The molecule has 0 saturated heterocycles. The third-order valence-corrected chi connectivity index (χ3v) is 7.62. The first-order valence-electron chi connectivity index (χ1n) is 9.82. The van der Waals surface area contributed by atoms with Crippen LogP contribution in [0.3, 0.4) is 0 Å². The molecule has 1 aliphatic rings. The van der Waals surface area contributed by atoms with Gasteiger partial charge in [-0.2, -0.15) is 0 Å². The summed E-state index contributed by atoms with van der Waals surface area (Å²) in [5.41, 5.74) is 0.0901. The molecule has 2 N–H and O–H groups in total. The molecule has 28 heavy (non-hydrogen) atoms. The lowest BCUT2D eigenvalue weighted by Crippen LogP contribution is -2.48. The summed E-state index contributed by atoms with van der Waals surface area (Å²) in [7, 11) is -1.14. The van der Waals surface area contributed by atoms with Crippen molar-refractivity contribution in [2.24, 2.45) is 10.4 Å². The van der Waals surface area contributed by atoms with Crippen molar-refractivity contribution in [3.05, 3.63) is 22.4 Å². The predicted octanol–water partition coefficient (Wildman–Crippen LogP) is 4.19. The molecule has 8 heteroatoms. The van der Waals surface area contributed by atoms with Gasteiger partial charge >= 0.3 is 0 Å². The van der Waals surface area contributed by atoms with Gasteiger partial charge in [0.2, 0.25) is 0 Å². The van der Waals surface area contributed by atoms with Gasteiger partial charge in [-0.15, -0.1) is 35.3 Å². The molecular formula is C20H36IN3O2S2. The van der Waals surface area contributed by atoms with Gasteiger partial charge in [-0.05, 0) is 36.1 Å². The molecule has 0 aromatic carbocycles. The minimum Gasteiger partial charge on any atom is -0.356 e. The second-order valence-electron chi connectivity index (χ2n) is 8.64. The van der Waals surface area contributed by atoms with Crippen LogP contribution >= 0.6 is 35.3 Å². The van der Waals surface area contributed by atoms with Gasteiger partial charge in [0.25, 0.3) is 0 Å². The van der Waals surface area contributed by atoms with Crippen LogP contribution in [-0.2, 0) is 15.3 Å². The number of aliphatic imine (C=N–C) groups is 1. The zero-order valence-electron chi connectivity index (χ0n) is 17.6. The molecular weight excluding hydrogens is 505 g/mol. The molecule has 0 bridgehead atoms. The Balaban J connectivity index is 0.00000392. The maximum Gasteiger partial charge on any atom is 0.191 e. The zero-order chi connectivity index (χ0) is 20.0. The molecule has 2 rings (SSSR count). The number of hydrogen-bond acceptors (Lipinski definition) is 4. The number of halogens is 1. The van der Waals surface area contributed by atoms with Crippen molar-refractivity contribution in [3.8, 4) is 0 Å². The van der Waals surface area contributed by atoms with Crippen molar-refractivity contribution in [2.45, 2.75) is 57.8 Å². The molecule has 1 heterocycles. The number of sulfone groups is 1. The molecule has 162 valence electrons. The fourth-order valence-electron chi connectivity index (χ4n) is 3.67. The third-order valence-electron chi connectivity index (χ3n) is 5.56. The van der Waals surface area contributed by atoms with E-state index in [0.717, 1.165) is 12.5 Å². The van der Waals surface area contributed by atoms with E-state index in [-0.39, 0.29) is 40.6 Å². The Hall–Kier alpha value is -0.350. The van der Waals surface area contributed by atoms with Gasteiger partial charge in [-0.1, -0.05) is 39.2 Å². The standard InChI is InChI=1S/C20H35N3O2S2.HI/c1-19(2,12-14-27(4,24)25)15-22-18(21-3)23-16-20(10-6-5-7-11-20)17-9-8-13-26-17;/h8-9,13H,5-7,10-12,14-16H2,1-4H3,(H2,21,22,23);1H. The van der Waals surface area contributed by atoms with Gasteiger partial charge in [-0.3, -0.25) is 4.99 Å². The largest absolute Gasteiger partial charge is 0.356 e. The van der Waals surface area contributed by atoms with E-state index in [1.165, 1.54) is 43.2 Å². The molecule has 1 fully saturated rings. The summed E-state index contributed by atoms with van der Waals surface area (Å²) in [5, 5.41) is 9.11. The van der Waals surface area contributed by atoms with Crippen molar-refractivity contribution >= 4 is 51.1 Å². The van der Waals surface area contributed by atoms with E-state index in [2.05, 4.69) is 47.0 Å². The van der Waals surface area contributed by atoms with Gasteiger partial charge in [-0.25, -0.2) is 8.42 Å². The lowest BCUT2D eigenvalue weighted by Gasteiger charge is -2.37. The highest BCUT2D eigenvalue weighted by molar-refractivity contribution is 14.0. The van der Waals surface area contributed by atoms with E-state index in [0.29, 0.717) is 13.0 Å². The Morgan fingerprint density at radius 3 is 2.46 bits per heavy atom. The van der Waals surface area contributed by atoms with Crippen LogP contribution in [0.5, 0.6) is 0 Å². The van der Waals surface area contributed by atoms with E-state index in [4.69, 9.17) is 0 Å². The van der Waals surface area contributed by atoms with Gasteiger partial charge < -0.3 is 10.6 Å². The smallest absolute Gasteiger partial charge is 0.191 e. The van der Waals surface area contributed by atoms with Gasteiger partial charge in [0.1, 0.15) is 9.84 Å². The maximum atomic E-state index is 11.4. The number of nitrogens with zero attached hydrogens (tertiary/aromatic N) is 1. The van der Waals surface area contributed by atoms with E-state index in [1.807, 2.05) is 11.3 Å². The molecule has 5 nitrogen and oxygen atoms in total. The average molecular weight is 542 g/mol. The first kappa shape index (κ1) is 25.7.